The third-order valence-corrected chi connectivity index (χ3v) is 3.63. The van der Waals surface area contributed by atoms with Gasteiger partial charge in [0.1, 0.15) is 5.52 Å². The molecule has 0 spiro atoms. The van der Waals surface area contributed by atoms with Gasteiger partial charge in [0, 0.05) is 7.05 Å². The Kier molecular flexibility index (Phi) is 2.66. The molecule has 1 heterocycles. The lowest BCUT2D eigenvalue weighted by Gasteiger charge is -2.11. The van der Waals surface area contributed by atoms with E-state index in [2.05, 4.69) is 20.9 Å². The van der Waals surface area contributed by atoms with Gasteiger partial charge in [-0.1, -0.05) is 11.6 Å². The number of aryl methyl sites for hydroxylation is 1. The second kappa shape index (κ2) is 3.63. The molecule has 0 aliphatic rings. The number of fused-ring (bicyclic) bond motifs is 1. The van der Waals surface area contributed by atoms with Crippen molar-refractivity contribution in [3.05, 3.63) is 27.5 Å². The lowest BCUT2D eigenvalue weighted by atomic mass is 10.2. The summed E-state index contributed by atoms with van der Waals surface area (Å²) in [6.45, 7) is 0. The highest BCUT2D eigenvalue weighted by molar-refractivity contribution is 9.10. The summed E-state index contributed by atoms with van der Waals surface area (Å²) in [6, 6.07) is 1.03. The molecule has 0 N–H and O–H groups in total. The summed E-state index contributed by atoms with van der Waals surface area (Å²) in [7, 11) is 1.61. The van der Waals surface area contributed by atoms with Crippen molar-refractivity contribution < 1.29 is 13.2 Å². The number of hydrogen-bond donors (Lipinski definition) is 0. The number of alkyl halides is 3. The number of hydrogen-bond acceptors (Lipinski definition) is 1. The first-order valence-electron chi connectivity index (χ1n) is 4.18. The first-order valence-corrected chi connectivity index (χ1v) is 5.35. The van der Waals surface area contributed by atoms with Crippen LogP contribution in [0, 0.1) is 0 Å². The second-order valence-corrected chi connectivity index (χ2v) is 4.44. The average Bonchev–Trinajstić information content (AvgIpc) is 2.52. The van der Waals surface area contributed by atoms with Gasteiger partial charge in [0.25, 0.3) is 0 Å². The molecule has 0 unspecified atom stereocenters. The minimum absolute atomic E-state index is 0.0228. The van der Waals surface area contributed by atoms with Gasteiger partial charge in [-0.2, -0.15) is 13.2 Å². The van der Waals surface area contributed by atoms with Crippen LogP contribution >= 0.6 is 27.5 Å². The van der Waals surface area contributed by atoms with Crippen LogP contribution in [0.5, 0.6) is 0 Å². The van der Waals surface area contributed by atoms with Crippen molar-refractivity contribution in [1.29, 1.82) is 0 Å². The molecule has 2 aromatic rings. The van der Waals surface area contributed by atoms with Crippen LogP contribution in [-0.4, -0.2) is 9.55 Å². The fraction of sp³-hybridized carbons (Fsp3) is 0.222. The van der Waals surface area contributed by atoms with E-state index in [4.69, 9.17) is 11.6 Å². The van der Waals surface area contributed by atoms with E-state index in [0.29, 0.717) is 11.0 Å². The van der Waals surface area contributed by atoms with Gasteiger partial charge in [0.2, 0.25) is 0 Å². The van der Waals surface area contributed by atoms with Gasteiger partial charge in [-0.15, -0.1) is 0 Å². The zero-order chi connectivity index (χ0) is 12.1. The van der Waals surface area contributed by atoms with Crippen molar-refractivity contribution in [2.24, 2.45) is 7.05 Å². The van der Waals surface area contributed by atoms with Crippen LogP contribution in [0.25, 0.3) is 11.0 Å². The molecule has 0 aliphatic heterocycles. The molecule has 0 saturated heterocycles. The summed E-state index contributed by atoms with van der Waals surface area (Å²) in [4.78, 5) is 3.94. The fourth-order valence-corrected chi connectivity index (χ4v) is 2.18. The Morgan fingerprint density at radius 1 is 1.44 bits per heavy atom. The van der Waals surface area contributed by atoms with Crippen molar-refractivity contribution in [3.8, 4) is 0 Å². The van der Waals surface area contributed by atoms with Gasteiger partial charge < -0.3 is 4.57 Å². The van der Waals surface area contributed by atoms with Gasteiger partial charge in [-0.25, -0.2) is 4.98 Å². The Labute approximate surface area is 102 Å². The maximum atomic E-state index is 12.7. The third kappa shape index (κ3) is 1.69. The largest absolute Gasteiger partial charge is 0.417 e. The number of benzene rings is 1. The molecule has 16 heavy (non-hydrogen) atoms. The maximum absolute atomic E-state index is 12.7. The minimum atomic E-state index is -4.44. The smallest absolute Gasteiger partial charge is 0.334 e. The Hall–Kier alpha value is -0.750. The second-order valence-electron chi connectivity index (χ2n) is 3.27. The predicted molar refractivity (Wildman–Crippen MR) is 58.4 cm³/mol. The summed E-state index contributed by atoms with van der Waals surface area (Å²) in [5.74, 6) is 0. The number of rotatable bonds is 0. The Bertz CT molecular complexity index is 562. The van der Waals surface area contributed by atoms with Crippen molar-refractivity contribution in [3.63, 3.8) is 0 Å². The fourth-order valence-electron chi connectivity index (χ4n) is 1.41. The molecule has 0 aliphatic carbocycles. The van der Waals surface area contributed by atoms with E-state index in [1.807, 2.05) is 0 Å². The Balaban J connectivity index is 2.87. The molecule has 2 rings (SSSR count). The Morgan fingerprint density at radius 2 is 2.06 bits per heavy atom. The highest BCUT2D eigenvalue weighted by atomic mass is 79.9. The number of nitrogens with zero attached hydrogens (tertiary/aromatic N) is 2. The molecule has 86 valence electrons. The molecule has 0 amide bonds. The van der Waals surface area contributed by atoms with Gasteiger partial charge in [0.15, 0.2) is 0 Å². The molecule has 0 bridgehead atoms. The molecule has 0 saturated carbocycles. The third-order valence-electron chi connectivity index (χ3n) is 2.21. The summed E-state index contributed by atoms with van der Waals surface area (Å²) in [5.41, 5.74) is -0.0989. The van der Waals surface area contributed by atoms with Crippen molar-refractivity contribution in [2.75, 3.05) is 0 Å². The monoisotopic (exact) mass is 312 g/mol. The van der Waals surface area contributed by atoms with Gasteiger partial charge in [-0.05, 0) is 22.0 Å². The van der Waals surface area contributed by atoms with Crippen LogP contribution in [0.15, 0.2) is 16.9 Å². The van der Waals surface area contributed by atoms with Crippen molar-refractivity contribution in [1.82, 2.24) is 9.55 Å². The minimum Gasteiger partial charge on any atom is -0.334 e. The molecule has 2 nitrogen and oxygen atoms in total. The average molecular weight is 314 g/mol. The van der Waals surface area contributed by atoms with E-state index in [9.17, 15) is 13.2 Å². The summed E-state index contributed by atoms with van der Waals surface area (Å²) in [6.07, 6.45) is -3.02. The van der Waals surface area contributed by atoms with E-state index in [1.165, 1.54) is 10.9 Å². The predicted octanol–water partition coefficient (Wildman–Crippen LogP) is 4.01. The first kappa shape index (κ1) is 11.7. The molecule has 0 fully saturated rings. The molecule has 0 atom stereocenters. The number of halogens is 5. The highest BCUT2D eigenvalue weighted by Crippen LogP contribution is 2.41. The normalized spacial score (nSPS) is 12.4. The number of aromatic nitrogens is 2. The van der Waals surface area contributed by atoms with E-state index in [-0.39, 0.29) is 9.50 Å². The lowest BCUT2D eigenvalue weighted by molar-refractivity contribution is -0.138. The first-order chi connectivity index (χ1) is 7.32. The van der Waals surface area contributed by atoms with Gasteiger partial charge in [-0.3, -0.25) is 0 Å². The Morgan fingerprint density at radius 3 is 2.62 bits per heavy atom. The van der Waals surface area contributed by atoms with Gasteiger partial charge >= 0.3 is 6.18 Å². The van der Waals surface area contributed by atoms with Crippen molar-refractivity contribution in [2.45, 2.75) is 6.18 Å². The topological polar surface area (TPSA) is 17.8 Å². The van der Waals surface area contributed by atoms with Crippen molar-refractivity contribution >= 4 is 38.6 Å². The standard InChI is InChI=1S/C9H5BrClF3N2/c1-16-3-15-8-5(16)2-4(9(12,13)14)6(10)7(8)11/h2-3H,1H3. The van der Waals surface area contributed by atoms with Crippen LogP contribution in [0.2, 0.25) is 5.02 Å². The summed E-state index contributed by atoms with van der Waals surface area (Å²) < 4.78 is 39.3. The lowest BCUT2D eigenvalue weighted by Crippen LogP contribution is -2.06. The van der Waals surface area contributed by atoms with E-state index in [0.717, 1.165) is 6.07 Å². The zero-order valence-corrected chi connectivity index (χ0v) is 10.3. The maximum Gasteiger partial charge on any atom is 0.417 e. The van der Waals surface area contributed by atoms with E-state index >= 15 is 0 Å². The molecule has 1 aromatic carbocycles. The number of imidazole rings is 1. The molecular weight excluding hydrogens is 308 g/mol. The highest BCUT2D eigenvalue weighted by Gasteiger charge is 2.35. The summed E-state index contributed by atoms with van der Waals surface area (Å²) >= 11 is 8.67. The van der Waals surface area contributed by atoms with Gasteiger partial charge in [0.05, 0.1) is 26.9 Å². The van der Waals surface area contributed by atoms with Crippen LogP contribution in [0.3, 0.4) is 0 Å². The van der Waals surface area contributed by atoms with Crippen LogP contribution in [-0.2, 0) is 13.2 Å². The molecule has 0 radical (unpaired) electrons. The van der Waals surface area contributed by atoms with Crippen LogP contribution in [0.1, 0.15) is 5.56 Å². The van der Waals surface area contributed by atoms with E-state index in [1.54, 1.807) is 7.05 Å². The quantitative estimate of drug-likeness (QED) is 0.718. The molecule has 1 aromatic heterocycles. The van der Waals surface area contributed by atoms with E-state index < -0.39 is 11.7 Å². The zero-order valence-electron chi connectivity index (χ0n) is 7.94. The molecule has 7 heteroatoms. The summed E-state index contributed by atoms with van der Waals surface area (Å²) in [5, 5.41) is -0.0228. The van der Waals surface area contributed by atoms with Crippen LogP contribution < -0.4 is 0 Å². The molecular formula is C9H5BrClF3N2. The van der Waals surface area contributed by atoms with Crippen LogP contribution in [0.4, 0.5) is 13.2 Å². The SMILES string of the molecule is Cn1cnc2c(Cl)c(Br)c(C(F)(F)F)cc21.